The van der Waals surface area contributed by atoms with Gasteiger partial charge in [-0.05, 0) is 87.8 Å². The van der Waals surface area contributed by atoms with Crippen molar-refractivity contribution in [3.63, 3.8) is 0 Å². The Balaban J connectivity index is 1.68. The SMILES string of the molecule is C=CCOc1c(Br)cc(/C=N\N[C@@H](O)COc2ccc([C@@H]3NC(=O)NC(C)=C3C(=O)OC)cc2OCC)cc1I. The smallest absolute Gasteiger partial charge is 0.337 e. The van der Waals surface area contributed by atoms with Crippen molar-refractivity contribution in [3.8, 4) is 17.2 Å². The van der Waals surface area contributed by atoms with Crippen molar-refractivity contribution < 1.29 is 33.6 Å². The van der Waals surface area contributed by atoms with Gasteiger partial charge in [0.1, 0.15) is 19.0 Å². The second-order valence-corrected chi connectivity index (χ2v) is 10.3. The molecule has 0 aromatic heterocycles. The summed E-state index contributed by atoms with van der Waals surface area (Å²) in [6.07, 6.45) is 2.11. The van der Waals surface area contributed by atoms with Gasteiger partial charge in [-0.2, -0.15) is 5.10 Å². The number of aliphatic hydroxyl groups excluding tert-OH is 1. The normalized spacial score (nSPS) is 15.7. The third kappa shape index (κ3) is 8.11. The number of carbonyl (C=O) groups excluding carboxylic acids is 2. The van der Waals surface area contributed by atoms with Gasteiger partial charge in [-0.25, -0.2) is 9.59 Å². The first-order valence-corrected chi connectivity index (χ1v) is 14.0. The lowest BCUT2D eigenvalue weighted by molar-refractivity contribution is -0.136. The molecule has 0 fully saturated rings. The van der Waals surface area contributed by atoms with Crippen molar-refractivity contribution in [1.82, 2.24) is 16.1 Å². The van der Waals surface area contributed by atoms with Crippen molar-refractivity contribution >= 4 is 56.7 Å². The van der Waals surface area contributed by atoms with Crippen LogP contribution in [-0.4, -0.2) is 56.5 Å². The maximum Gasteiger partial charge on any atom is 0.337 e. The Bertz CT molecular complexity index is 1290. The molecule has 2 aromatic rings. The first kappa shape index (κ1) is 31.2. The van der Waals surface area contributed by atoms with E-state index in [9.17, 15) is 14.7 Å². The molecule has 1 aliphatic heterocycles. The topological polar surface area (TPSA) is 140 Å². The lowest BCUT2D eigenvalue weighted by atomic mass is 9.95. The van der Waals surface area contributed by atoms with Crippen LogP contribution in [0.5, 0.6) is 17.2 Å². The second-order valence-electron chi connectivity index (χ2n) is 8.33. The molecule has 11 nitrogen and oxygen atoms in total. The van der Waals surface area contributed by atoms with E-state index >= 15 is 0 Å². The van der Waals surface area contributed by atoms with Gasteiger partial charge in [0.05, 0.1) is 39.6 Å². The van der Waals surface area contributed by atoms with E-state index < -0.39 is 24.3 Å². The zero-order chi connectivity index (χ0) is 29.2. The molecule has 3 rings (SSSR count). The first-order chi connectivity index (χ1) is 19.2. The molecule has 214 valence electrons. The number of esters is 1. The van der Waals surface area contributed by atoms with Crippen LogP contribution in [0, 0.1) is 3.57 Å². The summed E-state index contributed by atoms with van der Waals surface area (Å²) in [4.78, 5) is 24.5. The fourth-order valence-electron chi connectivity index (χ4n) is 3.75. The van der Waals surface area contributed by atoms with E-state index in [1.54, 1.807) is 37.4 Å². The molecule has 2 aromatic carbocycles. The van der Waals surface area contributed by atoms with E-state index in [0.717, 1.165) is 13.6 Å². The van der Waals surface area contributed by atoms with Crippen molar-refractivity contribution in [1.29, 1.82) is 0 Å². The van der Waals surface area contributed by atoms with E-state index in [-0.39, 0.29) is 12.2 Å². The van der Waals surface area contributed by atoms with Crippen LogP contribution in [0.3, 0.4) is 0 Å². The van der Waals surface area contributed by atoms with Gasteiger partial charge >= 0.3 is 12.0 Å². The maximum absolute atomic E-state index is 12.4. The molecule has 4 N–H and O–H groups in total. The Kier molecular flexibility index (Phi) is 11.6. The van der Waals surface area contributed by atoms with E-state index in [0.29, 0.717) is 41.7 Å². The number of rotatable bonds is 13. The number of ether oxygens (including phenoxy) is 4. The van der Waals surface area contributed by atoms with Gasteiger partial charge in [0.15, 0.2) is 17.7 Å². The first-order valence-electron chi connectivity index (χ1n) is 12.1. The second kappa shape index (κ2) is 14.9. The molecule has 1 heterocycles. The van der Waals surface area contributed by atoms with Gasteiger partial charge in [-0.3, -0.25) is 5.43 Å². The third-order valence-corrected chi connectivity index (χ3v) is 6.87. The molecule has 0 unspecified atom stereocenters. The average molecular weight is 729 g/mol. The molecular weight excluding hydrogens is 699 g/mol. The Morgan fingerprint density at radius 3 is 2.73 bits per heavy atom. The van der Waals surface area contributed by atoms with E-state index in [1.807, 2.05) is 19.1 Å². The number of benzene rings is 2. The fourth-order valence-corrected chi connectivity index (χ4v) is 5.52. The average Bonchev–Trinajstić information content (AvgIpc) is 2.91. The Hall–Kier alpha value is -3.30. The van der Waals surface area contributed by atoms with Gasteiger partial charge in [0, 0.05) is 5.70 Å². The van der Waals surface area contributed by atoms with Crippen LogP contribution in [0.25, 0.3) is 0 Å². The number of methoxy groups -OCH3 is 1. The van der Waals surface area contributed by atoms with Crippen LogP contribution < -0.4 is 30.3 Å². The fraction of sp³-hybridized carbons (Fsp3) is 0.296. The van der Waals surface area contributed by atoms with E-state index in [2.05, 4.69) is 66.3 Å². The zero-order valence-corrected chi connectivity index (χ0v) is 25.9. The van der Waals surface area contributed by atoms with Crippen LogP contribution in [0.2, 0.25) is 0 Å². The van der Waals surface area contributed by atoms with Crippen molar-refractivity contribution in [3.05, 3.63) is 73.4 Å². The van der Waals surface area contributed by atoms with Crippen molar-refractivity contribution in [2.24, 2.45) is 5.10 Å². The lowest BCUT2D eigenvalue weighted by Crippen LogP contribution is -2.45. The predicted octanol–water partition coefficient (Wildman–Crippen LogP) is 4.14. The number of urea groups is 1. The van der Waals surface area contributed by atoms with Gasteiger partial charge in [0.2, 0.25) is 0 Å². The molecule has 13 heteroatoms. The predicted molar refractivity (Wildman–Crippen MR) is 162 cm³/mol. The van der Waals surface area contributed by atoms with Crippen LogP contribution >= 0.6 is 38.5 Å². The minimum absolute atomic E-state index is 0.136. The molecule has 1 aliphatic rings. The summed E-state index contributed by atoms with van der Waals surface area (Å²) in [7, 11) is 1.28. The number of hydrazone groups is 1. The van der Waals surface area contributed by atoms with Crippen LogP contribution in [-0.2, 0) is 9.53 Å². The molecule has 40 heavy (non-hydrogen) atoms. The van der Waals surface area contributed by atoms with Crippen molar-refractivity contribution in [2.75, 3.05) is 26.9 Å². The zero-order valence-electron chi connectivity index (χ0n) is 22.1. The Morgan fingerprint density at radius 1 is 1.27 bits per heavy atom. The Labute approximate surface area is 254 Å². The monoisotopic (exact) mass is 728 g/mol. The van der Waals surface area contributed by atoms with Crippen LogP contribution in [0.15, 0.2) is 63.8 Å². The number of hydrogen-bond donors (Lipinski definition) is 4. The summed E-state index contributed by atoms with van der Waals surface area (Å²) < 4.78 is 23.7. The van der Waals surface area contributed by atoms with Crippen LogP contribution in [0.4, 0.5) is 4.79 Å². The molecule has 2 amide bonds. The van der Waals surface area contributed by atoms with Crippen molar-refractivity contribution in [2.45, 2.75) is 26.1 Å². The van der Waals surface area contributed by atoms with Crippen LogP contribution in [0.1, 0.15) is 31.0 Å². The van der Waals surface area contributed by atoms with Gasteiger partial charge in [-0.15, -0.1) is 0 Å². The summed E-state index contributed by atoms with van der Waals surface area (Å²) in [5.41, 5.74) is 4.68. The number of amides is 2. The molecule has 0 saturated heterocycles. The number of hydrogen-bond acceptors (Lipinski definition) is 9. The lowest BCUT2D eigenvalue weighted by Gasteiger charge is -2.28. The van der Waals surface area contributed by atoms with E-state index in [4.69, 9.17) is 18.9 Å². The maximum atomic E-state index is 12.4. The molecule has 0 saturated carbocycles. The summed E-state index contributed by atoms with van der Waals surface area (Å²) in [5, 5.41) is 19.8. The van der Waals surface area contributed by atoms with Gasteiger partial charge in [-0.1, -0.05) is 18.7 Å². The van der Waals surface area contributed by atoms with Gasteiger partial charge in [0.25, 0.3) is 0 Å². The highest BCUT2D eigenvalue weighted by atomic mass is 127. The number of allylic oxidation sites excluding steroid dienone is 1. The third-order valence-electron chi connectivity index (χ3n) is 5.48. The highest BCUT2D eigenvalue weighted by Gasteiger charge is 2.32. The summed E-state index contributed by atoms with van der Waals surface area (Å²) in [5.74, 6) is 0.889. The number of nitrogens with one attached hydrogen (secondary N) is 3. The number of carbonyl (C=O) groups is 2. The molecule has 0 bridgehead atoms. The minimum atomic E-state index is -1.12. The Morgan fingerprint density at radius 2 is 2.05 bits per heavy atom. The number of nitrogens with zero attached hydrogens (tertiary/aromatic N) is 1. The highest BCUT2D eigenvalue weighted by Crippen LogP contribution is 2.35. The molecule has 0 radical (unpaired) electrons. The highest BCUT2D eigenvalue weighted by molar-refractivity contribution is 14.1. The number of aliphatic hydroxyl groups is 1. The summed E-state index contributed by atoms with van der Waals surface area (Å²) in [6, 6.07) is 7.56. The minimum Gasteiger partial charge on any atom is -0.490 e. The largest absolute Gasteiger partial charge is 0.490 e. The number of halogens is 2. The molecule has 2 atom stereocenters. The molecule has 0 spiro atoms. The quantitative estimate of drug-likeness (QED) is 0.0603. The van der Waals surface area contributed by atoms with E-state index in [1.165, 1.54) is 7.11 Å². The standard InChI is InChI=1S/C27H30BrIN4O7/c1-5-9-39-25-18(28)10-16(11-19(25)29)13-30-33-22(34)14-40-20-8-7-17(12-21(20)38-6-2)24-23(26(35)37-4)15(3)31-27(36)32-24/h5,7-8,10-13,22,24,33-34H,1,6,9,14H2,2-4H3,(H2,31,32,36)/b30-13-/t22-,24-/m0/s1. The summed E-state index contributed by atoms with van der Waals surface area (Å²) in [6.45, 7) is 7.69. The molecule has 0 aliphatic carbocycles. The summed E-state index contributed by atoms with van der Waals surface area (Å²) >= 11 is 5.66. The van der Waals surface area contributed by atoms with Gasteiger partial charge < -0.3 is 34.7 Å². The molecular formula is C27H30BrIN4O7.